The van der Waals surface area contributed by atoms with Gasteiger partial charge in [0.25, 0.3) is 0 Å². The molecule has 1 unspecified atom stereocenters. The van der Waals surface area contributed by atoms with E-state index in [2.05, 4.69) is 20.3 Å². The zero-order chi connectivity index (χ0) is 14.2. The van der Waals surface area contributed by atoms with Crippen molar-refractivity contribution in [1.29, 1.82) is 0 Å². The Hall–Kier alpha value is -2.30. The van der Waals surface area contributed by atoms with E-state index in [9.17, 15) is 4.79 Å². The number of hydrogen-bond acceptors (Lipinski definition) is 4. The SMILES string of the molecule is CC(Cc1cnccn1)NC(=O)CCc1cccnc1. The molecule has 0 radical (unpaired) electrons. The van der Waals surface area contributed by atoms with Gasteiger partial charge in [0, 0.05) is 49.9 Å². The number of aromatic nitrogens is 3. The van der Waals surface area contributed by atoms with E-state index in [1.807, 2.05) is 19.1 Å². The summed E-state index contributed by atoms with van der Waals surface area (Å²) in [7, 11) is 0. The van der Waals surface area contributed by atoms with Crippen molar-refractivity contribution in [3.05, 3.63) is 54.4 Å². The van der Waals surface area contributed by atoms with Crippen molar-refractivity contribution in [1.82, 2.24) is 20.3 Å². The minimum Gasteiger partial charge on any atom is -0.353 e. The summed E-state index contributed by atoms with van der Waals surface area (Å²) < 4.78 is 0. The van der Waals surface area contributed by atoms with Gasteiger partial charge < -0.3 is 5.32 Å². The Morgan fingerprint density at radius 3 is 2.80 bits per heavy atom. The highest BCUT2D eigenvalue weighted by molar-refractivity contribution is 5.76. The number of pyridine rings is 1. The number of nitrogens with zero attached hydrogens (tertiary/aromatic N) is 3. The number of amides is 1. The normalized spacial score (nSPS) is 11.8. The minimum absolute atomic E-state index is 0.0465. The van der Waals surface area contributed by atoms with E-state index in [0.717, 1.165) is 11.3 Å². The molecule has 1 N–H and O–H groups in total. The fourth-order valence-electron chi connectivity index (χ4n) is 1.95. The zero-order valence-corrected chi connectivity index (χ0v) is 11.5. The Balaban J connectivity index is 1.74. The van der Waals surface area contributed by atoms with Crippen LogP contribution >= 0.6 is 0 Å². The molecule has 0 fully saturated rings. The highest BCUT2D eigenvalue weighted by Gasteiger charge is 2.09. The molecule has 0 aliphatic rings. The standard InChI is InChI=1S/C15H18N4O/c1-12(9-14-11-17-7-8-18-14)19-15(20)5-4-13-3-2-6-16-10-13/h2-3,6-8,10-12H,4-5,9H2,1H3,(H,19,20). The molecule has 0 aliphatic heterocycles. The van der Waals surface area contributed by atoms with Crippen LogP contribution in [-0.4, -0.2) is 26.9 Å². The van der Waals surface area contributed by atoms with Crippen LogP contribution in [0, 0.1) is 0 Å². The van der Waals surface area contributed by atoms with E-state index in [1.165, 1.54) is 0 Å². The third-order valence-corrected chi connectivity index (χ3v) is 2.90. The molecule has 2 rings (SSSR count). The molecule has 5 nitrogen and oxygen atoms in total. The second-order valence-electron chi connectivity index (χ2n) is 4.73. The molecule has 0 aromatic carbocycles. The summed E-state index contributed by atoms with van der Waals surface area (Å²) in [5, 5.41) is 2.97. The molecule has 2 aromatic rings. The van der Waals surface area contributed by atoms with Gasteiger partial charge in [-0.15, -0.1) is 0 Å². The molecule has 104 valence electrons. The third kappa shape index (κ3) is 4.76. The Bertz CT molecular complexity index is 530. The van der Waals surface area contributed by atoms with Crippen molar-refractivity contribution in [3.8, 4) is 0 Å². The second-order valence-corrected chi connectivity index (χ2v) is 4.73. The molecule has 2 heterocycles. The summed E-state index contributed by atoms with van der Waals surface area (Å²) in [6.07, 6.45) is 10.4. The zero-order valence-electron chi connectivity index (χ0n) is 11.5. The molecule has 1 atom stereocenters. The molecule has 2 aromatic heterocycles. The number of carbonyl (C=O) groups excluding carboxylic acids is 1. The lowest BCUT2D eigenvalue weighted by Crippen LogP contribution is -2.34. The number of rotatable bonds is 6. The first kappa shape index (κ1) is 14.1. The van der Waals surface area contributed by atoms with E-state index < -0.39 is 0 Å². The van der Waals surface area contributed by atoms with E-state index in [0.29, 0.717) is 19.3 Å². The van der Waals surface area contributed by atoms with Crippen LogP contribution < -0.4 is 5.32 Å². The molecule has 0 saturated heterocycles. The molecule has 0 aliphatic carbocycles. The van der Waals surface area contributed by atoms with Gasteiger partial charge in [-0.25, -0.2) is 0 Å². The van der Waals surface area contributed by atoms with Crippen molar-refractivity contribution >= 4 is 5.91 Å². The van der Waals surface area contributed by atoms with Crippen LogP contribution in [0.3, 0.4) is 0 Å². The molecule has 1 amide bonds. The monoisotopic (exact) mass is 270 g/mol. The molecule has 5 heteroatoms. The Labute approximate surface area is 118 Å². The first-order valence-corrected chi connectivity index (χ1v) is 6.67. The molecular formula is C15H18N4O. The molecule has 20 heavy (non-hydrogen) atoms. The summed E-state index contributed by atoms with van der Waals surface area (Å²) in [5.41, 5.74) is 1.96. The smallest absolute Gasteiger partial charge is 0.220 e. The first-order chi connectivity index (χ1) is 9.74. The molecule has 0 spiro atoms. The fourth-order valence-corrected chi connectivity index (χ4v) is 1.95. The summed E-state index contributed by atoms with van der Waals surface area (Å²) in [5.74, 6) is 0.0465. The van der Waals surface area contributed by atoms with Crippen molar-refractivity contribution < 1.29 is 4.79 Å². The number of hydrogen-bond donors (Lipinski definition) is 1. The van der Waals surface area contributed by atoms with Crippen molar-refractivity contribution in [2.75, 3.05) is 0 Å². The lowest BCUT2D eigenvalue weighted by molar-refractivity contribution is -0.121. The van der Waals surface area contributed by atoms with Crippen molar-refractivity contribution in [2.45, 2.75) is 32.2 Å². The van der Waals surface area contributed by atoms with Gasteiger partial charge in [0.1, 0.15) is 0 Å². The van der Waals surface area contributed by atoms with Crippen LogP contribution in [0.1, 0.15) is 24.6 Å². The fraction of sp³-hybridized carbons (Fsp3) is 0.333. The third-order valence-electron chi connectivity index (χ3n) is 2.90. The highest BCUT2D eigenvalue weighted by atomic mass is 16.1. The van der Waals surface area contributed by atoms with Gasteiger partial charge in [0.05, 0.1) is 5.69 Å². The number of nitrogens with one attached hydrogen (secondary N) is 1. The lowest BCUT2D eigenvalue weighted by atomic mass is 10.1. The quantitative estimate of drug-likeness (QED) is 0.864. The van der Waals surface area contributed by atoms with Crippen LogP contribution in [-0.2, 0) is 17.6 Å². The molecule has 0 bridgehead atoms. The predicted molar refractivity (Wildman–Crippen MR) is 75.9 cm³/mol. The van der Waals surface area contributed by atoms with Gasteiger partial charge in [-0.2, -0.15) is 0 Å². The Morgan fingerprint density at radius 1 is 1.25 bits per heavy atom. The topological polar surface area (TPSA) is 67.8 Å². The average Bonchev–Trinajstić information content (AvgIpc) is 2.47. The van der Waals surface area contributed by atoms with Crippen LogP contribution in [0.5, 0.6) is 0 Å². The highest BCUT2D eigenvalue weighted by Crippen LogP contribution is 2.02. The van der Waals surface area contributed by atoms with Crippen molar-refractivity contribution in [2.24, 2.45) is 0 Å². The van der Waals surface area contributed by atoms with Gasteiger partial charge >= 0.3 is 0 Å². The maximum absolute atomic E-state index is 11.8. The van der Waals surface area contributed by atoms with Gasteiger partial charge in [-0.1, -0.05) is 6.07 Å². The second kappa shape index (κ2) is 7.33. The summed E-state index contributed by atoms with van der Waals surface area (Å²) in [6, 6.07) is 3.90. The van der Waals surface area contributed by atoms with Crippen LogP contribution in [0.15, 0.2) is 43.1 Å². The van der Waals surface area contributed by atoms with E-state index >= 15 is 0 Å². The lowest BCUT2D eigenvalue weighted by Gasteiger charge is -2.13. The Kier molecular flexibility index (Phi) is 5.17. The molecule has 0 saturated carbocycles. The summed E-state index contributed by atoms with van der Waals surface area (Å²) in [6.45, 7) is 1.97. The maximum Gasteiger partial charge on any atom is 0.220 e. The van der Waals surface area contributed by atoms with E-state index in [-0.39, 0.29) is 11.9 Å². The van der Waals surface area contributed by atoms with Gasteiger partial charge in [0.15, 0.2) is 0 Å². The Morgan fingerprint density at radius 2 is 2.10 bits per heavy atom. The van der Waals surface area contributed by atoms with E-state index in [4.69, 9.17) is 0 Å². The number of aryl methyl sites for hydroxylation is 1. The minimum atomic E-state index is 0.0465. The molecular weight excluding hydrogens is 252 g/mol. The summed E-state index contributed by atoms with van der Waals surface area (Å²) in [4.78, 5) is 24.1. The van der Waals surface area contributed by atoms with Gasteiger partial charge in [0.2, 0.25) is 5.91 Å². The first-order valence-electron chi connectivity index (χ1n) is 6.67. The van der Waals surface area contributed by atoms with Crippen molar-refractivity contribution in [3.63, 3.8) is 0 Å². The van der Waals surface area contributed by atoms with Gasteiger partial charge in [-0.05, 0) is 25.0 Å². The number of carbonyl (C=O) groups is 1. The summed E-state index contributed by atoms with van der Waals surface area (Å²) >= 11 is 0. The van der Waals surface area contributed by atoms with Crippen LogP contribution in [0.2, 0.25) is 0 Å². The van der Waals surface area contributed by atoms with Crippen LogP contribution in [0.4, 0.5) is 0 Å². The largest absolute Gasteiger partial charge is 0.353 e. The predicted octanol–water partition coefficient (Wildman–Crippen LogP) is 1.55. The average molecular weight is 270 g/mol. The van der Waals surface area contributed by atoms with E-state index in [1.54, 1.807) is 31.0 Å². The maximum atomic E-state index is 11.8. The van der Waals surface area contributed by atoms with Crippen LogP contribution in [0.25, 0.3) is 0 Å². The van der Waals surface area contributed by atoms with Gasteiger partial charge in [-0.3, -0.25) is 19.7 Å².